The third-order valence-corrected chi connectivity index (χ3v) is 7.61. The molecular formula is C39H64O5. The van der Waals surface area contributed by atoms with Crippen molar-refractivity contribution in [2.24, 2.45) is 0 Å². The number of carbonyl (C=O) groups excluding carboxylic acids is 2. The Morgan fingerprint density at radius 1 is 0.523 bits per heavy atom. The highest BCUT2D eigenvalue weighted by Gasteiger charge is 2.48. The molecule has 1 unspecified atom stereocenters. The number of aliphatic hydroxyl groups excluding tert-OH is 2. The van der Waals surface area contributed by atoms with Gasteiger partial charge in [0.05, 0.1) is 6.61 Å². The number of ketones is 2. The highest BCUT2D eigenvalue weighted by atomic mass is 16.4. The Morgan fingerprint density at radius 3 is 1.20 bits per heavy atom. The maximum Gasteiger partial charge on any atom is 0.209 e. The first-order chi connectivity index (χ1) is 21.4. The van der Waals surface area contributed by atoms with Gasteiger partial charge in [-0.3, -0.25) is 9.59 Å². The van der Waals surface area contributed by atoms with Gasteiger partial charge in [-0.2, -0.15) is 0 Å². The molecule has 0 radical (unpaired) electrons. The number of unbranched alkanes of at least 4 members (excludes halogenated alkanes) is 10. The van der Waals surface area contributed by atoms with E-state index in [0.29, 0.717) is 12.8 Å². The minimum Gasteiger partial charge on any atom is -0.394 e. The van der Waals surface area contributed by atoms with Crippen LogP contribution in [0.4, 0.5) is 0 Å². The number of rotatable bonds is 30. The van der Waals surface area contributed by atoms with E-state index in [0.717, 1.165) is 103 Å². The van der Waals surface area contributed by atoms with E-state index in [2.05, 4.69) is 86.8 Å². The summed E-state index contributed by atoms with van der Waals surface area (Å²) in [6.45, 7) is 3.44. The zero-order chi connectivity index (χ0) is 32.6. The summed E-state index contributed by atoms with van der Waals surface area (Å²) in [6.07, 6.45) is 41.6. The quantitative estimate of drug-likeness (QED) is 0.0427. The van der Waals surface area contributed by atoms with Gasteiger partial charge in [-0.05, 0) is 77.0 Å². The molecule has 250 valence electrons. The molecule has 0 rings (SSSR count). The maximum atomic E-state index is 12.8. The van der Waals surface area contributed by atoms with Crippen LogP contribution in [0.1, 0.15) is 142 Å². The molecule has 0 aromatic carbocycles. The van der Waals surface area contributed by atoms with Gasteiger partial charge in [0, 0.05) is 12.8 Å². The van der Waals surface area contributed by atoms with Crippen LogP contribution in [0.2, 0.25) is 0 Å². The van der Waals surface area contributed by atoms with E-state index in [9.17, 15) is 24.9 Å². The number of allylic oxidation sites excluding steroid dienone is 12. The molecule has 5 nitrogen and oxygen atoms in total. The third-order valence-electron chi connectivity index (χ3n) is 7.61. The predicted octanol–water partition coefficient (Wildman–Crippen LogP) is 9.39. The zero-order valence-electron chi connectivity index (χ0n) is 28.0. The van der Waals surface area contributed by atoms with Crippen LogP contribution in [-0.2, 0) is 9.59 Å². The zero-order valence-corrected chi connectivity index (χ0v) is 28.0. The monoisotopic (exact) mass is 612 g/mol. The lowest BCUT2D eigenvalue weighted by molar-refractivity contribution is -0.166. The van der Waals surface area contributed by atoms with Crippen molar-refractivity contribution in [3.63, 3.8) is 0 Å². The molecule has 0 aromatic rings. The normalized spacial score (nSPS) is 13.7. The predicted molar refractivity (Wildman–Crippen MR) is 187 cm³/mol. The van der Waals surface area contributed by atoms with Crippen LogP contribution in [0.5, 0.6) is 0 Å². The Morgan fingerprint density at radius 2 is 0.841 bits per heavy atom. The van der Waals surface area contributed by atoms with Crippen molar-refractivity contribution >= 4 is 11.6 Å². The average Bonchev–Trinajstić information content (AvgIpc) is 3.03. The van der Waals surface area contributed by atoms with Crippen molar-refractivity contribution in [3.05, 3.63) is 72.9 Å². The Balaban J connectivity index is 4.13. The summed E-state index contributed by atoms with van der Waals surface area (Å²) in [7, 11) is 0. The first-order valence-corrected chi connectivity index (χ1v) is 17.4. The topological polar surface area (TPSA) is 94.8 Å². The number of Topliss-reactive ketones (excluding diaryl/α,β-unsaturated/α-hetero) is 2. The van der Waals surface area contributed by atoms with Crippen molar-refractivity contribution in [1.29, 1.82) is 0 Å². The fourth-order valence-electron chi connectivity index (χ4n) is 4.85. The van der Waals surface area contributed by atoms with E-state index in [4.69, 9.17) is 0 Å². The van der Waals surface area contributed by atoms with E-state index in [1.165, 1.54) is 0 Å². The lowest BCUT2D eigenvalue weighted by Gasteiger charge is -2.29. The average molecular weight is 613 g/mol. The van der Waals surface area contributed by atoms with E-state index in [1.807, 2.05) is 0 Å². The van der Waals surface area contributed by atoms with Crippen molar-refractivity contribution in [2.75, 3.05) is 6.61 Å². The van der Waals surface area contributed by atoms with E-state index in [-0.39, 0.29) is 12.8 Å². The number of aliphatic hydroxyl groups is 3. The van der Waals surface area contributed by atoms with Crippen LogP contribution in [0.25, 0.3) is 0 Å². The summed E-state index contributed by atoms with van der Waals surface area (Å²) < 4.78 is 0. The summed E-state index contributed by atoms with van der Waals surface area (Å²) in [4.78, 5) is 25.7. The molecule has 3 N–H and O–H groups in total. The van der Waals surface area contributed by atoms with E-state index in [1.54, 1.807) is 0 Å². The van der Waals surface area contributed by atoms with Crippen LogP contribution < -0.4 is 0 Å². The van der Waals surface area contributed by atoms with E-state index < -0.39 is 29.9 Å². The molecule has 0 saturated heterocycles. The van der Waals surface area contributed by atoms with Gasteiger partial charge < -0.3 is 15.3 Å². The van der Waals surface area contributed by atoms with Crippen molar-refractivity contribution in [2.45, 2.75) is 154 Å². The van der Waals surface area contributed by atoms with Crippen LogP contribution in [0, 0.1) is 0 Å². The van der Waals surface area contributed by atoms with Gasteiger partial charge in [0.25, 0.3) is 0 Å². The van der Waals surface area contributed by atoms with Crippen molar-refractivity contribution < 1.29 is 24.9 Å². The summed E-state index contributed by atoms with van der Waals surface area (Å²) in [5.41, 5.74) is -2.51. The van der Waals surface area contributed by atoms with Crippen LogP contribution in [-0.4, -0.2) is 45.2 Å². The molecule has 44 heavy (non-hydrogen) atoms. The second-order valence-electron chi connectivity index (χ2n) is 11.5. The molecule has 0 aliphatic rings. The van der Waals surface area contributed by atoms with Gasteiger partial charge in [-0.1, -0.05) is 125 Å². The smallest absolute Gasteiger partial charge is 0.209 e. The van der Waals surface area contributed by atoms with Crippen LogP contribution in [0.15, 0.2) is 72.9 Å². The molecule has 0 amide bonds. The molecule has 5 heteroatoms. The Hall–Kier alpha value is -2.34. The lowest BCUT2D eigenvalue weighted by Crippen LogP contribution is -2.57. The maximum absolute atomic E-state index is 12.8. The summed E-state index contributed by atoms with van der Waals surface area (Å²) >= 11 is 0. The molecule has 0 fully saturated rings. The molecule has 0 spiro atoms. The number of hydrogen-bond acceptors (Lipinski definition) is 5. The molecule has 1 atom stereocenters. The minimum atomic E-state index is -2.51. The van der Waals surface area contributed by atoms with Crippen molar-refractivity contribution in [1.82, 2.24) is 0 Å². The molecule has 0 bridgehead atoms. The molecule has 0 aromatic heterocycles. The summed E-state index contributed by atoms with van der Waals surface area (Å²) in [5.74, 6) is -1.35. The molecule has 0 aliphatic heterocycles. The van der Waals surface area contributed by atoms with Crippen molar-refractivity contribution in [3.8, 4) is 0 Å². The highest BCUT2D eigenvalue weighted by Crippen LogP contribution is 2.22. The van der Waals surface area contributed by atoms with Gasteiger partial charge >= 0.3 is 0 Å². The Bertz CT molecular complexity index is 813. The third kappa shape index (κ3) is 22.2. The highest BCUT2D eigenvalue weighted by molar-refractivity contribution is 6.10. The standard InChI is InChI=1S/C39H64O5/c1-3-5-7-9-11-13-15-17-19-21-23-25-27-29-31-33-36(41)39(44,38(43)35-40)37(42)34-32-30-28-26-24-22-20-18-16-14-12-10-8-6-4-2/h5-8,11-14,17-20,38,40,43-44H,3-4,9-10,15-16,21-35H2,1-2H3/b7-5-,8-6-,13-11-,14-12-,19-17-,20-18-. The van der Waals surface area contributed by atoms with E-state index >= 15 is 0 Å². The minimum absolute atomic E-state index is 0.0260. The fraction of sp³-hybridized carbons (Fsp3) is 0.641. The summed E-state index contributed by atoms with van der Waals surface area (Å²) in [5, 5.41) is 30.5. The number of hydrogen-bond donors (Lipinski definition) is 3. The first kappa shape index (κ1) is 41.7. The van der Waals surface area contributed by atoms with Gasteiger partial charge in [0.2, 0.25) is 5.60 Å². The lowest BCUT2D eigenvalue weighted by atomic mass is 9.82. The Labute approximate surface area is 269 Å². The molecule has 0 heterocycles. The molecule has 0 aliphatic carbocycles. The second-order valence-corrected chi connectivity index (χ2v) is 11.5. The molecule has 0 saturated carbocycles. The molecular weight excluding hydrogens is 548 g/mol. The fourth-order valence-corrected chi connectivity index (χ4v) is 4.85. The second kappa shape index (κ2) is 30.7. The summed E-state index contributed by atoms with van der Waals surface area (Å²) in [6, 6.07) is 0. The van der Waals surface area contributed by atoms with Crippen LogP contribution in [0.3, 0.4) is 0 Å². The largest absolute Gasteiger partial charge is 0.394 e. The van der Waals surface area contributed by atoms with Gasteiger partial charge in [0.1, 0.15) is 6.10 Å². The van der Waals surface area contributed by atoms with Gasteiger partial charge in [-0.25, -0.2) is 0 Å². The SMILES string of the molecule is CC/C=C\C/C=C\C/C=C\CCCCCCCC(=O)C(O)(C(=O)CCCCCCC/C=C\C/C=C\C/C=C\CC)C(O)CO. The van der Waals surface area contributed by atoms with Crippen LogP contribution >= 0.6 is 0 Å². The Kier molecular flexibility index (Phi) is 29.0. The van der Waals surface area contributed by atoms with Gasteiger partial charge in [0.15, 0.2) is 11.6 Å². The first-order valence-electron chi connectivity index (χ1n) is 17.4. The number of carbonyl (C=O) groups is 2. The van der Waals surface area contributed by atoms with Gasteiger partial charge in [-0.15, -0.1) is 0 Å².